The smallest absolute Gasteiger partial charge is 0.261 e. The number of fused-ring (bicyclic) bond motifs is 2. The quantitative estimate of drug-likeness (QED) is 0.716. The van der Waals surface area contributed by atoms with E-state index in [1.165, 1.54) is 28.7 Å². The number of allylic oxidation sites excluding steroid dienone is 1. The molecule has 1 aromatic heterocycles. The highest BCUT2D eigenvalue weighted by molar-refractivity contribution is 8.17. The largest absolute Gasteiger partial charge is 0.271 e. The van der Waals surface area contributed by atoms with Gasteiger partial charge >= 0.3 is 0 Å². The lowest BCUT2D eigenvalue weighted by Gasteiger charge is -2.18. The molecule has 0 N–H and O–H groups in total. The molecule has 142 valence electrons. The summed E-state index contributed by atoms with van der Waals surface area (Å²) in [6.07, 6.45) is 4.43. The van der Waals surface area contributed by atoms with E-state index in [1.54, 1.807) is 16.4 Å². The first-order valence-electron chi connectivity index (χ1n) is 9.27. The van der Waals surface area contributed by atoms with Crippen molar-refractivity contribution in [1.29, 1.82) is 0 Å². The van der Waals surface area contributed by atoms with Crippen molar-refractivity contribution in [3.8, 4) is 5.69 Å². The number of hydrogen-bond acceptors (Lipinski definition) is 7. The van der Waals surface area contributed by atoms with E-state index >= 15 is 0 Å². The molecule has 7 nitrogen and oxygen atoms in total. The third-order valence-corrected chi connectivity index (χ3v) is 7.19. The van der Waals surface area contributed by atoms with Gasteiger partial charge in [-0.1, -0.05) is 35.7 Å². The van der Waals surface area contributed by atoms with Gasteiger partial charge in [-0.2, -0.15) is 9.67 Å². The fraction of sp³-hybridized carbons (Fsp3) is 0.368. The molecule has 0 bridgehead atoms. The molecular weight excluding hydrogens is 392 g/mol. The summed E-state index contributed by atoms with van der Waals surface area (Å²) in [5.74, 6) is 0.719. The minimum absolute atomic E-state index is 0.0710. The van der Waals surface area contributed by atoms with Crippen molar-refractivity contribution in [1.82, 2.24) is 20.2 Å². The zero-order valence-electron chi connectivity index (χ0n) is 15.3. The Hall–Kier alpha value is -2.26. The normalized spacial score (nSPS) is 21.3. The van der Waals surface area contributed by atoms with Gasteiger partial charge in [0, 0.05) is 0 Å². The van der Waals surface area contributed by atoms with Crippen LogP contribution in [0.5, 0.6) is 0 Å². The molecule has 0 saturated carbocycles. The Morgan fingerprint density at radius 3 is 3.04 bits per heavy atom. The van der Waals surface area contributed by atoms with Gasteiger partial charge in [-0.25, -0.2) is 4.99 Å². The van der Waals surface area contributed by atoms with Crippen molar-refractivity contribution in [3.05, 3.63) is 40.3 Å². The van der Waals surface area contributed by atoms with Crippen LogP contribution in [0, 0.1) is 12.8 Å². The van der Waals surface area contributed by atoms with Gasteiger partial charge < -0.3 is 0 Å². The average Bonchev–Trinajstić information content (AvgIpc) is 3.30. The van der Waals surface area contributed by atoms with E-state index in [-0.39, 0.29) is 11.8 Å². The number of amidine groups is 1. The van der Waals surface area contributed by atoms with Gasteiger partial charge in [0.15, 0.2) is 0 Å². The van der Waals surface area contributed by atoms with Crippen LogP contribution in [0.2, 0.25) is 0 Å². The van der Waals surface area contributed by atoms with Crippen LogP contribution in [0.25, 0.3) is 5.69 Å². The summed E-state index contributed by atoms with van der Waals surface area (Å²) < 4.78 is 1.70. The van der Waals surface area contributed by atoms with Crippen LogP contribution >= 0.6 is 23.5 Å². The lowest BCUT2D eigenvalue weighted by molar-refractivity contribution is -0.118. The predicted octanol–water partition coefficient (Wildman–Crippen LogP) is 3.59. The number of amides is 1. The van der Waals surface area contributed by atoms with Gasteiger partial charge in [0.05, 0.1) is 16.5 Å². The number of thioether (sulfide) groups is 2. The third kappa shape index (κ3) is 3.22. The second-order valence-corrected chi connectivity index (χ2v) is 9.07. The van der Waals surface area contributed by atoms with E-state index in [1.807, 2.05) is 31.2 Å². The number of carbonyl (C=O) groups is 1. The predicted molar refractivity (Wildman–Crippen MR) is 111 cm³/mol. The zero-order valence-corrected chi connectivity index (χ0v) is 17.0. The summed E-state index contributed by atoms with van der Waals surface area (Å²) in [6, 6.07) is 7.99. The highest BCUT2D eigenvalue weighted by Gasteiger charge is 2.40. The lowest BCUT2D eigenvalue weighted by Crippen LogP contribution is -2.26. The fourth-order valence-corrected chi connectivity index (χ4v) is 5.83. The van der Waals surface area contributed by atoms with Gasteiger partial charge in [0.1, 0.15) is 11.8 Å². The second-order valence-electron chi connectivity index (χ2n) is 7.01. The molecule has 5 rings (SSSR count). The van der Waals surface area contributed by atoms with Crippen LogP contribution in [-0.4, -0.2) is 42.7 Å². The van der Waals surface area contributed by atoms with Crippen molar-refractivity contribution in [3.63, 3.8) is 0 Å². The Labute approximate surface area is 170 Å². The van der Waals surface area contributed by atoms with Crippen LogP contribution in [-0.2, 0) is 4.79 Å². The number of aryl methyl sites for hydroxylation is 1. The van der Waals surface area contributed by atoms with Crippen LogP contribution in [0.3, 0.4) is 0 Å². The van der Waals surface area contributed by atoms with Crippen molar-refractivity contribution in [2.45, 2.75) is 37.8 Å². The van der Waals surface area contributed by atoms with E-state index < -0.39 is 0 Å². The monoisotopic (exact) mass is 410 g/mol. The second kappa shape index (κ2) is 7.29. The molecule has 0 spiro atoms. The zero-order chi connectivity index (χ0) is 19.1. The summed E-state index contributed by atoms with van der Waals surface area (Å²) in [5.41, 5.74) is 3.31. The standard InChI is InChI=1S/C19H18N6OS2/c1-11-5-4-6-12(9-11)25-19(22-23-24-25)27-10-15-20-17(26)16-13-7-2-3-8-14(13)28-18(16)21-15/h4-6,9,16H,2-3,7-8,10H2,1H3. The maximum atomic E-state index is 12.7. The minimum Gasteiger partial charge on any atom is -0.271 e. The van der Waals surface area contributed by atoms with Crippen LogP contribution in [0.15, 0.2) is 49.9 Å². The number of rotatable bonds is 4. The molecule has 1 atom stereocenters. The number of benzene rings is 1. The van der Waals surface area contributed by atoms with Crippen molar-refractivity contribution in [2.75, 3.05) is 5.75 Å². The Bertz CT molecular complexity index is 1050. The van der Waals surface area contributed by atoms with E-state index in [0.717, 1.165) is 35.6 Å². The molecule has 2 aromatic rings. The Morgan fingerprint density at radius 2 is 2.14 bits per heavy atom. The van der Waals surface area contributed by atoms with Gasteiger partial charge in [-0.05, 0) is 71.2 Å². The molecule has 1 unspecified atom stereocenters. The summed E-state index contributed by atoms with van der Waals surface area (Å²) in [5, 5.41) is 13.6. The van der Waals surface area contributed by atoms with E-state index in [2.05, 4.69) is 20.5 Å². The molecule has 1 aliphatic carbocycles. The SMILES string of the molecule is Cc1cccc(-n2nnnc2SCC2=NC(=O)C3C(=N2)SC2=C3CCCC2)c1. The van der Waals surface area contributed by atoms with Gasteiger partial charge in [0.25, 0.3) is 5.91 Å². The molecule has 28 heavy (non-hydrogen) atoms. The fourth-order valence-electron chi connectivity index (χ4n) is 3.73. The third-order valence-electron chi connectivity index (χ3n) is 5.02. The summed E-state index contributed by atoms with van der Waals surface area (Å²) in [6.45, 7) is 2.03. The summed E-state index contributed by atoms with van der Waals surface area (Å²) in [7, 11) is 0. The first kappa shape index (κ1) is 17.8. The van der Waals surface area contributed by atoms with E-state index in [4.69, 9.17) is 4.99 Å². The topological polar surface area (TPSA) is 85.4 Å². The van der Waals surface area contributed by atoms with E-state index in [9.17, 15) is 4.79 Å². The molecule has 1 amide bonds. The Kier molecular flexibility index (Phi) is 4.64. The minimum atomic E-state index is -0.216. The molecule has 0 saturated heterocycles. The Morgan fingerprint density at radius 1 is 1.25 bits per heavy atom. The van der Waals surface area contributed by atoms with Crippen molar-refractivity contribution >= 4 is 40.3 Å². The maximum absolute atomic E-state index is 12.7. The first-order valence-corrected chi connectivity index (χ1v) is 11.1. The van der Waals surface area contributed by atoms with Crippen molar-refractivity contribution < 1.29 is 4.79 Å². The number of aliphatic imine (C=N–C) groups is 2. The van der Waals surface area contributed by atoms with E-state index in [0.29, 0.717) is 16.7 Å². The average molecular weight is 411 g/mol. The Balaban J connectivity index is 1.33. The summed E-state index contributed by atoms with van der Waals surface area (Å²) >= 11 is 3.12. The number of aromatic nitrogens is 4. The number of nitrogens with zero attached hydrogens (tertiary/aromatic N) is 6. The lowest BCUT2D eigenvalue weighted by atomic mass is 9.89. The van der Waals surface area contributed by atoms with Gasteiger partial charge in [-0.15, -0.1) is 5.10 Å². The summed E-state index contributed by atoms with van der Waals surface area (Å²) in [4.78, 5) is 23.0. The van der Waals surface area contributed by atoms with Crippen molar-refractivity contribution in [2.24, 2.45) is 15.9 Å². The molecule has 0 fully saturated rings. The highest BCUT2D eigenvalue weighted by Crippen LogP contribution is 2.47. The molecular formula is C19H18N6OS2. The number of carbonyl (C=O) groups excluding carboxylic acids is 1. The molecule has 9 heteroatoms. The van der Waals surface area contributed by atoms with Crippen LogP contribution < -0.4 is 0 Å². The van der Waals surface area contributed by atoms with Crippen LogP contribution in [0.1, 0.15) is 31.2 Å². The molecule has 3 heterocycles. The van der Waals surface area contributed by atoms with Gasteiger partial charge in [-0.3, -0.25) is 4.79 Å². The molecule has 1 aromatic carbocycles. The highest BCUT2D eigenvalue weighted by atomic mass is 32.2. The van der Waals surface area contributed by atoms with Gasteiger partial charge in [0.2, 0.25) is 5.16 Å². The first-order chi connectivity index (χ1) is 13.7. The number of tetrazole rings is 1. The molecule has 2 aliphatic heterocycles. The maximum Gasteiger partial charge on any atom is 0.261 e. The number of hydrogen-bond donors (Lipinski definition) is 0. The molecule has 0 radical (unpaired) electrons. The molecule has 3 aliphatic rings. The van der Waals surface area contributed by atoms with Crippen LogP contribution in [0.4, 0.5) is 0 Å².